The molecule has 158 valence electrons. The summed E-state index contributed by atoms with van der Waals surface area (Å²) in [6.45, 7) is 0. The van der Waals surface area contributed by atoms with Gasteiger partial charge in [0.25, 0.3) is 0 Å². The number of phenols is 1. The Morgan fingerprint density at radius 1 is 0.968 bits per heavy atom. The molecule has 2 atom stereocenters. The third-order valence-corrected chi connectivity index (χ3v) is 5.70. The second-order valence-corrected chi connectivity index (χ2v) is 7.84. The lowest BCUT2D eigenvalue weighted by molar-refractivity contribution is -0.137. The van der Waals surface area contributed by atoms with Crippen LogP contribution in [0.4, 0.5) is 5.69 Å². The molecule has 1 amide bonds. The fraction of sp³-hybridized carbons (Fsp3) is 0.200. The monoisotopic (exact) mass is 416 g/mol. The third kappa shape index (κ3) is 4.44. The first kappa shape index (κ1) is 20.6. The molecule has 1 unspecified atom stereocenters. The molecule has 5 N–H and O–H groups in total. The van der Waals surface area contributed by atoms with Crippen LogP contribution in [-0.2, 0) is 16.0 Å². The summed E-state index contributed by atoms with van der Waals surface area (Å²) in [6, 6.07) is 19.6. The summed E-state index contributed by atoms with van der Waals surface area (Å²) in [4.78, 5) is 23.8. The standard InChI is InChI=1S/C25H24N2O4/c26-23(13-15-5-8-17(28)9-6-15)25(31)27-16-7-10-20-18-3-1-2-4-19(18)21(22(20)14-16)11-12-24(29)30/h1-10,14,21,23,28H,11-13,26H2,(H,27,31)(H,29,30)/t21?,23-/m0/s1. The van der Waals surface area contributed by atoms with Crippen LogP contribution < -0.4 is 11.1 Å². The summed E-state index contributed by atoms with van der Waals surface area (Å²) < 4.78 is 0. The molecule has 3 aromatic rings. The average molecular weight is 416 g/mol. The zero-order valence-electron chi connectivity index (χ0n) is 16.9. The molecule has 1 aliphatic rings. The van der Waals surface area contributed by atoms with Crippen LogP contribution in [0.15, 0.2) is 66.7 Å². The number of carboxylic acid groups (broad SMARTS) is 1. The second kappa shape index (κ2) is 8.62. The summed E-state index contributed by atoms with van der Waals surface area (Å²) in [6.07, 6.45) is 0.924. The first-order chi connectivity index (χ1) is 14.9. The van der Waals surface area contributed by atoms with Gasteiger partial charge in [-0.25, -0.2) is 0 Å². The van der Waals surface area contributed by atoms with Crippen molar-refractivity contribution in [3.63, 3.8) is 0 Å². The van der Waals surface area contributed by atoms with Gasteiger partial charge in [-0.15, -0.1) is 0 Å². The molecule has 0 saturated carbocycles. The number of amides is 1. The van der Waals surface area contributed by atoms with Crippen molar-refractivity contribution in [1.29, 1.82) is 0 Å². The lowest BCUT2D eigenvalue weighted by Crippen LogP contribution is -2.37. The van der Waals surface area contributed by atoms with E-state index in [1.54, 1.807) is 24.3 Å². The number of carboxylic acids is 1. The number of rotatable bonds is 7. The molecule has 0 radical (unpaired) electrons. The van der Waals surface area contributed by atoms with Crippen molar-refractivity contribution in [2.75, 3.05) is 5.32 Å². The largest absolute Gasteiger partial charge is 0.508 e. The SMILES string of the molecule is N[C@@H](Cc1ccc(O)cc1)C(=O)Nc1ccc2c(c1)C(CCC(=O)O)c1ccccc1-2. The predicted molar refractivity (Wildman–Crippen MR) is 119 cm³/mol. The van der Waals surface area contributed by atoms with Crippen molar-refractivity contribution in [2.45, 2.75) is 31.2 Å². The Balaban J connectivity index is 1.52. The van der Waals surface area contributed by atoms with Crippen LogP contribution in [0.3, 0.4) is 0 Å². The van der Waals surface area contributed by atoms with E-state index in [0.717, 1.165) is 27.8 Å². The van der Waals surface area contributed by atoms with Crippen LogP contribution in [0, 0.1) is 0 Å². The zero-order valence-corrected chi connectivity index (χ0v) is 16.9. The van der Waals surface area contributed by atoms with E-state index < -0.39 is 12.0 Å². The Bertz CT molecular complexity index is 1120. The van der Waals surface area contributed by atoms with E-state index in [1.165, 1.54) is 0 Å². The topological polar surface area (TPSA) is 113 Å². The highest BCUT2D eigenvalue weighted by atomic mass is 16.4. The minimum atomic E-state index is -0.824. The molecule has 1 aliphatic carbocycles. The minimum absolute atomic E-state index is 0.0233. The highest BCUT2D eigenvalue weighted by molar-refractivity contribution is 5.95. The molecule has 0 fully saturated rings. The molecular weight excluding hydrogens is 392 g/mol. The number of hydrogen-bond acceptors (Lipinski definition) is 4. The van der Waals surface area contributed by atoms with Crippen LogP contribution in [0.5, 0.6) is 5.75 Å². The van der Waals surface area contributed by atoms with Gasteiger partial charge in [-0.3, -0.25) is 9.59 Å². The van der Waals surface area contributed by atoms with E-state index in [4.69, 9.17) is 10.8 Å². The van der Waals surface area contributed by atoms with Gasteiger partial charge in [0.2, 0.25) is 5.91 Å². The second-order valence-electron chi connectivity index (χ2n) is 7.84. The number of carbonyl (C=O) groups excluding carboxylic acids is 1. The Morgan fingerprint density at radius 3 is 2.42 bits per heavy atom. The number of benzene rings is 3. The molecule has 31 heavy (non-hydrogen) atoms. The lowest BCUT2D eigenvalue weighted by atomic mass is 9.92. The van der Waals surface area contributed by atoms with Crippen LogP contribution in [-0.4, -0.2) is 28.1 Å². The number of carbonyl (C=O) groups is 2. The van der Waals surface area contributed by atoms with Gasteiger partial charge in [-0.2, -0.15) is 0 Å². The molecule has 0 spiro atoms. The van der Waals surface area contributed by atoms with Crippen LogP contribution in [0.1, 0.15) is 35.4 Å². The van der Waals surface area contributed by atoms with E-state index in [2.05, 4.69) is 5.32 Å². The van der Waals surface area contributed by atoms with Gasteiger partial charge in [0.15, 0.2) is 0 Å². The molecular formula is C25H24N2O4. The molecule has 0 saturated heterocycles. The fourth-order valence-electron chi connectivity index (χ4n) is 4.18. The number of hydrogen-bond donors (Lipinski definition) is 4. The first-order valence-electron chi connectivity index (χ1n) is 10.2. The molecule has 0 aromatic heterocycles. The van der Waals surface area contributed by atoms with Crippen molar-refractivity contribution in [1.82, 2.24) is 0 Å². The zero-order chi connectivity index (χ0) is 22.0. The van der Waals surface area contributed by atoms with Crippen molar-refractivity contribution in [3.05, 3.63) is 83.4 Å². The van der Waals surface area contributed by atoms with E-state index in [0.29, 0.717) is 18.5 Å². The summed E-state index contributed by atoms with van der Waals surface area (Å²) in [7, 11) is 0. The molecule has 3 aromatic carbocycles. The van der Waals surface area contributed by atoms with Gasteiger partial charge in [0.1, 0.15) is 5.75 Å². The predicted octanol–water partition coefficient (Wildman–Crippen LogP) is 3.88. The van der Waals surface area contributed by atoms with Gasteiger partial charge in [-0.1, -0.05) is 42.5 Å². The average Bonchev–Trinajstić information content (AvgIpc) is 3.06. The van der Waals surface area contributed by atoms with Crippen molar-refractivity contribution >= 4 is 17.6 Å². The van der Waals surface area contributed by atoms with Crippen LogP contribution in [0.25, 0.3) is 11.1 Å². The van der Waals surface area contributed by atoms with Gasteiger partial charge >= 0.3 is 5.97 Å². The number of aromatic hydroxyl groups is 1. The molecule has 0 aliphatic heterocycles. The van der Waals surface area contributed by atoms with Gasteiger partial charge < -0.3 is 21.3 Å². The normalized spacial score (nSPS) is 15.1. The number of aliphatic carboxylic acids is 1. The number of anilines is 1. The Labute approximate surface area is 180 Å². The van der Waals surface area contributed by atoms with Crippen LogP contribution >= 0.6 is 0 Å². The summed E-state index contributed by atoms with van der Waals surface area (Å²) in [5.41, 5.74) is 11.9. The maximum absolute atomic E-state index is 12.6. The fourth-order valence-corrected chi connectivity index (χ4v) is 4.18. The highest BCUT2D eigenvalue weighted by Crippen LogP contribution is 2.47. The number of phenolic OH excluding ortho intramolecular Hbond substituents is 1. The highest BCUT2D eigenvalue weighted by Gasteiger charge is 2.29. The molecule has 6 nitrogen and oxygen atoms in total. The molecule has 0 bridgehead atoms. The van der Waals surface area contributed by atoms with E-state index in [1.807, 2.05) is 42.5 Å². The van der Waals surface area contributed by atoms with E-state index in [9.17, 15) is 14.7 Å². The Morgan fingerprint density at radius 2 is 1.68 bits per heavy atom. The summed E-state index contributed by atoms with van der Waals surface area (Å²) >= 11 is 0. The Hall–Kier alpha value is -3.64. The van der Waals surface area contributed by atoms with Crippen molar-refractivity contribution < 1.29 is 19.8 Å². The maximum Gasteiger partial charge on any atom is 0.303 e. The molecule has 6 heteroatoms. The van der Waals surface area contributed by atoms with Gasteiger partial charge in [0.05, 0.1) is 6.04 Å². The third-order valence-electron chi connectivity index (χ3n) is 5.70. The summed E-state index contributed by atoms with van der Waals surface area (Å²) in [5.74, 6) is -0.982. The minimum Gasteiger partial charge on any atom is -0.508 e. The van der Waals surface area contributed by atoms with Crippen molar-refractivity contribution in [3.8, 4) is 16.9 Å². The van der Waals surface area contributed by atoms with Crippen molar-refractivity contribution in [2.24, 2.45) is 5.73 Å². The number of nitrogens with two attached hydrogens (primary N) is 1. The van der Waals surface area contributed by atoms with Gasteiger partial charge in [-0.05, 0) is 64.9 Å². The first-order valence-corrected chi connectivity index (χ1v) is 10.2. The summed E-state index contributed by atoms with van der Waals surface area (Å²) in [5, 5.41) is 21.4. The maximum atomic E-state index is 12.6. The van der Waals surface area contributed by atoms with Gasteiger partial charge in [0, 0.05) is 18.0 Å². The van der Waals surface area contributed by atoms with E-state index >= 15 is 0 Å². The quantitative estimate of drug-likeness (QED) is 0.467. The van der Waals surface area contributed by atoms with Crippen LogP contribution in [0.2, 0.25) is 0 Å². The lowest BCUT2D eigenvalue weighted by Gasteiger charge is -2.15. The molecule has 0 heterocycles. The Kier molecular flexibility index (Phi) is 5.73. The smallest absolute Gasteiger partial charge is 0.303 e. The number of nitrogens with one attached hydrogen (secondary N) is 1. The molecule has 4 rings (SSSR count). The number of fused-ring (bicyclic) bond motifs is 3. The van der Waals surface area contributed by atoms with E-state index in [-0.39, 0.29) is 24.0 Å².